The molecule has 1 atom stereocenters. The van der Waals surface area contributed by atoms with E-state index >= 15 is 0 Å². The Morgan fingerprint density at radius 1 is 1.31 bits per heavy atom. The molecule has 1 rings (SSSR count). The van der Waals surface area contributed by atoms with Gasteiger partial charge in [0.15, 0.2) is 0 Å². The van der Waals surface area contributed by atoms with Gasteiger partial charge in [-0.15, -0.1) is 0 Å². The third-order valence-corrected chi connectivity index (χ3v) is 2.35. The number of aryl methyl sites for hydroxylation is 1. The topological polar surface area (TPSA) is 39.2 Å². The fourth-order valence-corrected chi connectivity index (χ4v) is 1.42. The monoisotopic (exact) mass is 181 g/mol. The van der Waals surface area contributed by atoms with Crippen LogP contribution in [0.15, 0.2) is 16.9 Å². The van der Waals surface area contributed by atoms with E-state index in [1.165, 1.54) is 6.42 Å². The molecule has 1 heterocycles. The Morgan fingerprint density at radius 2 is 2.00 bits per heavy atom. The molecule has 1 aromatic rings. The predicted molar refractivity (Wildman–Crippen MR) is 54.4 cm³/mol. The first-order valence-electron chi connectivity index (χ1n) is 4.89. The quantitative estimate of drug-likeness (QED) is 0.775. The lowest BCUT2D eigenvalue weighted by Crippen LogP contribution is -2.11. The second-order valence-electron chi connectivity index (χ2n) is 4.09. The zero-order chi connectivity index (χ0) is 9.84. The molecule has 0 fully saturated rings. The molecule has 0 aliphatic rings. The van der Waals surface area contributed by atoms with Crippen LogP contribution in [0.25, 0.3) is 0 Å². The van der Waals surface area contributed by atoms with Crippen LogP contribution in [-0.4, -0.2) is 0 Å². The second kappa shape index (κ2) is 4.47. The normalized spacial score (nSPS) is 13.6. The minimum absolute atomic E-state index is 0.140. The van der Waals surface area contributed by atoms with Crippen molar-refractivity contribution in [3.63, 3.8) is 0 Å². The molecule has 2 N–H and O–H groups in total. The Balaban J connectivity index is 2.49. The number of nitrogens with two attached hydrogens (primary N) is 1. The van der Waals surface area contributed by atoms with E-state index in [0.717, 1.165) is 23.5 Å². The molecule has 0 radical (unpaired) electrons. The van der Waals surface area contributed by atoms with Crippen molar-refractivity contribution in [3.05, 3.63) is 23.7 Å². The van der Waals surface area contributed by atoms with Gasteiger partial charge in [-0.05, 0) is 31.2 Å². The fourth-order valence-electron chi connectivity index (χ4n) is 1.42. The van der Waals surface area contributed by atoms with Crippen molar-refractivity contribution in [1.82, 2.24) is 0 Å². The maximum Gasteiger partial charge on any atom is 0.0953 e. The lowest BCUT2D eigenvalue weighted by molar-refractivity contribution is 0.500. The van der Waals surface area contributed by atoms with Crippen molar-refractivity contribution in [2.75, 3.05) is 0 Å². The Morgan fingerprint density at radius 3 is 2.46 bits per heavy atom. The summed E-state index contributed by atoms with van der Waals surface area (Å²) < 4.78 is 5.09. The van der Waals surface area contributed by atoms with Crippen LogP contribution in [-0.2, 0) is 0 Å². The second-order valence-corrected chi connectivity index (χ2v) is 4.09. The van der Waals surface area contributed by atoms with Crippen molar-refractivity contribution in [1.29, 1.82) is 0 Å². The summed E-state index contributed by atoms with van der Waals surface area (Å²) in [6.45, 7) is 6.47. The highest BCUT2D eigenvalue weighted by atomic mass is 16.3. The van der Waals surface area contributed by atoms with Gasteiger partial charge in [0.1, 0.15) is 0 Å². The van der Waals surface area contributed by atoms with Gasteiger partial charge in [0.05, 0.1) is 12.5 Å². The van der Waals surface area contributed by atoms with Gasteiger partial charge in [0.25, 0.3) is 0 Å². The van der Waals surface area contributed by atoms with Crippen LogP contribution in [0.4, 0.5) is 0 Å². The third-order valence-electron chi connectivity index (χ3n) is 2.35. The van der Waals surface area contributed by atoms with Crippen LogP contribution in [0.1, 0.15) is 43.9 Å². The largest absolute Gasteiger partial charge is 0.472 e. The smallest absolute Gasteiger partial charge is 0.0953 e. The Labute approximate surface area is 80.1 Å². The highest BCUT2D eigenvalue weighted by Gasteiger charge is 2.10. The predicted octanol–water partition coefficient (Wildman–Crippen LogP) is 3.02. The SMILES string of the molecule is Cc1cocc1C(N)CCC(C)C. The lowest BCUT2D eigenvalue weighted by atomic mass is 9.98. The number of hydrogen-bond donors (Lipinski definition) is 1. The van der Waals surface area contributed by atoms with Gasteiger partial charge >= 0.3 is 0 Å². The van der Waals surface area contributed by atoms with Crippen molar-refractivity contribution in [2.45, 2.75) is 39.7 Å². The highest BCUT2D eigenvalue weighted by Crippen LogP contribution is 2.22. The van der Waals surface area contributed by atoms with Crippen molar-refractivity contribution < 1.29 is 4.42 Å². The Kier molecular flexibility index (Phi) is 3.55. The van der Waals surface area contributed by atoms with Gasteiger partial charge in [-0.25, -0.2) is 0 Å². The molecule has 0 saturated carbocycles. The minimum Gasteiger partial charge on any atom is -0.472 e. The van der Waals surface area contributed by atoms with Gasteiger partial charge in [-0.2, -0.15) is 0 Å². The summed E-state index contributed by atoms with van der Waals surface area (Å²) in [5.74, 6) is 0.721. The molecule has 1 aromatic heterocycles. The maximum absolute atomic E-state index is 6.03. The maximum atomic E-state index is 6.03. The van der Waals surface area contributed by atoms with Crippen LogP contribution < -0.4 is 5.73 Å². The van der Waals surface area contributed by atoms with E-state index < -0.39 is 0 Å². The van der Waals surface area contributed by atoms with Crippen molar-refractivity contribution in [2.24, 2.45) is 11.7 Å². The third kappa shape index (κ3) is 2.88. The van der Waals surface area contributed by atoms with Gasteiger partial charge < -0.3 is 10.2 Å². The van der Waals surface area contributed by atoms with E-state index in [9.17, 15) is 0 Å². The number of furan rings is 1. The zero-order valence-corrected chi connectivity index (χ0v) is 8.71. The average Bonchev–Trinajstić information content (AvgIpc) is 2.47. The van der Waals surface area contributed by atoms with Gasteiger partial charge in [-0.3, -0.25) is 0 Å². The summed E-state index contributed by atoms with van der Waals surface area (Å²) in [6, 6.07) is 0.140. The summed E-state index contributed by atoms with van der Waals surface area (Å²) in [4.78, 5) is 0. The van der Waals surface area contributed by atoms with Crippen LogP contribution in [0.3, 0.4) is 0 Å². The molecule has 74 valence electrons. The molecule has 2 nitrogen and oxygen atoms in total. The van der Waals surface area contributed by atoms with E-state index in [4.69, 9.17) is 10.2 Å². The molecule has 13 heavy (non-hydrogen) atoms. The van der Waals surface area contributed by atoms with Gasteiger partial charge in [0.2, 0.25) is 0 Å². The molecule has 0 bridgehead atoms. The van der Waals surface area contributed by atoms with E-state index in [1.807, 2.05) is 6.92 Å². The van der Waals surface area contributed by atoms with Crippen LogP contribution in [0.2, 0.25) is 0 Å². The Hall–Kier alpha value is -0.760. The molecule has 0 saturated heterocycles. The summed E-state index contributed by atoms with van der Waals surface area (Å²) in [6.07, 6.45) is 5.73. The van der Waals surface area contributed by atoms with E-state index in [0.29, 0.717) is 0 Å². The average molecular weight is 181 g/mol. The van der Waals surface area contributed by atoms with Gasteiger partial charge in [0, 0.05) is 11.6 Å². The first-order valence-corrected chi connectivity index (χ1v) is 4.89. The van der Waals surface area contributed by atoms with E-state index in [1.54, 1.807) is 12.5 Å². The lowest BCUT2D eigenvalue weighted by Gasteiger charge is -2.11. The Bertz CT molecular complexity index is 252. The van der Waals surface area contributed by atoms with E-state index in [-0.39, 0.29) is 6.04 Å². The molecular weight excluding hydrogens is 162 g/mol. The van der Waals surface area contributed by atoms with Crippen molar-refractivity contribution in [3.8, 4) is 0 Å². The standard InChI is InChI=1S/C11H19NO/c1-8(2)4-5-11(12)10-7-13-6-9(10)3/h6-8,11H,4-5,12H2,1-3H3. The summed E-state index contributed by atoms with van der Waals surface area (Å²) in [5.41, 5.74) is 8.35. The van der Waals surface area contributed by atoms with Crippen LogP contribution >= 0.6 is 0 Å². The first kappa shape index (κ1) is 10.3. The molecule has 2 heteroatoms. The molecule has 0 aromatic carbocycles. The van der Waals surface area contributed by atoms with Gasteiger partial charge in [-0.1, -0.05) is 13.8 Å². The van der Waals surface area contributed by atoms with E-state index in [2.05, 4.69) is 13.8 Å². The number of rotatable bonds is 4. The molecule has 0 aliphatic heterocycles. The zero-order valence-electron chi connectivity index (χ0n) is 8.71. The first-order chi connectivity index (χ1) is 6.11. The molecular formula is C11H19NO. The number of hydrogen-bond acceptors (Lipinski definition) is 2. The summed E-state index contributed by atoms with van der Waals surface area (Å²) in [5, 5.41) is 0. The fraction of sp³-hybridized carbons (Fsp3) is 0.636. The highest BCUT2D eigenvalue weighted by molar-refractivity contribution is 5.22. The van der Waals surface area contributed by atoms with Crippen LogP contribution in [0.5, 0.6) is 0 Å². The summed E-state index contributed by atoms with van der Waals surface area (Å²) in [7, 11) is 0. The molecule has 0 aliphatic carbocycles. The summed E-state index contributed by atoms with van der Waals surface area (Å²) >= 11 is 0. The van der Waals surface area contributed by atoms with Crippen molar-refractivity contribution >= 4 is 0 Å². The molecule has 0 amide bonds. The van der Waals surface area contributed by atoms with Crippen LogP contribution in [0, 0.1) is 12.8 Å². The molecule has 1 unspecified atom stereocenters. The minimum atomic E-state index is 0.140. The molecule has 0 spiro atoms.